The van der Waals surface area contributed by atoms with Crippen LogP contribution in [0.25, 0.3) is 10.4 Å². The van der Waals surface area contributed by atoms with Crippen LogP contribution in [-0.4, -0.2) is 41.0 Å². The predicted octanol–water partition coefficient (Wildman–Crippen LogP) is 0.280. The van der Waals surface area contributed by atoms with Crippen molar-refractivity contribution in [1.29, 1.82) is 0 Å². The molecule has 7 nitrogen and oxygen atoms in total. The molecule has 0 amide bonds. The highest BCUT2D eigenvalue weighted by molar-refractivity contribution is 5.89. The third kappa shape index (κ3) is 2.73. The molecule has 0 aromatic rings. The number of aliphatic hydroxyl groups is 2. The number of carbonyl (C=O) groups excluding carboxylic acids is 1. The number of hydrogen-bond donors (Lipinski definition) is 2. The van der Waals surface area contributed by atoms with E-state index in [1.807, 2.05) is 0 Å². The Hall–Kier alpha value is -1.56. The SMILES string of the molecule is CCOC(=O)C1=C[C@H](O)[C@@H](O)[C@H](N=[N+]=[N-])C1. The van der Waals surface area contributed by atoms with Crippen molar-refractivity contribution in [3.05, 3.63) is 22.1 Å². The van der Waals surface area contributed by atoms with Gasteiger partial charge in [0.15, 0.2) is 0 Å². The molecule has 1 aliphatic carbocycles. The summed E-state index contributed by atoms with van der Waals surface area (Å²) in [5.41, 5.74) is 8.50. The van der Waals surface area contributed by atoms with Crippen molar-refractivity contribution in [2.75, 3.05) is 6.61 Å². The largest absolute Gasteiger partial charge is 0.463 e. The highest BCUT2D eigenvalue weighted by Gasteiger charge is 2.32. The minimum atomic E-state index is -1.22. The number of nitrogens with zero attached hydrogens (tertiary/aromatic N) is 3. The normalized spacial score (nSPS) is 28.9. The van der Waals surface area contributed by atoms with E-state index in [2.05, 4.69) is 10.0 Å². The third-order valence-corrected chi connectivity index (χ3v) is 2.28. The summed E-state index contributed by atoms with van der Waals surface area (Å²) in [4.78, 5) is 13.9. The zero-order chi connectivity index (χ0) is 12.1. The van der Waals surface area contributed by atoms with Gasteiger partial charge in [0.1, 0.15) is 0 Å². The fourth-order valence-corrected chi connectivity index (χ4v) is 1.50. The molecule has 2 N–H and O–H groups in total. The number of carbonyl (C=O) groups is 1. The standard InChI is InChI=1S/C9H13N3O4/c1-2-16-9(15)5-3-6(11-12-10)8(14)7(13)4-5/h4,6-8,13-14H,2-3H2,1H3/t6-,7+,8+/m1/s1. The van der Waals surface area contributed by atoms with Gasteiger partial charge in [-0.25, -0.2) is 4.79 Å². The quantitative estimate of drug-likeness (QED) is 0.311. The zero-order valence-electron chi connectivity index (χ0n) is 8.78. The van der Waals surface area contributed by atoms with E-state index in [9.17, 15) is 15.0 Å². The fraction of sp³-hybridized carbons (Fsp3) is 0.667. The maximum atomic E-state index is 11.4. The van der Waals surface area contributed by atoms with Crippen LogP contribution < -0.4 is 0 Å². The summed E-state index contributed by atoms with van der Waals surface area (Å²) in [7, 11) is 0. The van der Waals surface area contributed by atoms with Gasteiger partial charge in [0.05, 0.1) is 24.9 Å². The Balaban J connectivity index is 2.84. The Morgan fingerprint density at radius 2 is 2.44 bits per heavy atom. The van der Waals surface area contributed by atoms with Gasteiger partial charge in [0.25, 0.3) is 0 Å². The lowest BCUT2D eigenvalue weighted by molar-refractivity contribution is -0.139. The van der Waals surface area contributed by atoms with Crippen molar-refractivity contribution < 1.29 is 19.7 Å². The van der Waals surface area contributed by atoms with E-state index < -0.39 is 24.2 Å². The lowest BCUT2D eigenvalue weighted by Gasteiger charge is -2.27. The zero-order valence-corrected chi connectivity index (χ0v) is 8.78. The summed E-state index contributed by atoms with van der Waals surface area (Å²) >= 11 is 0. The molecule has 0 aliphatic heterocycles. The molecule has 0 aromatic carbocycles. The van der Waals surface area contributed by atoms with Gasteiger partial charge < -0.3 is 14.9 Å². The monoisotopic (exact) mass is 227 g/mol. The molecule has 0 spiro atoms. The molecule has 3 atom stereocenters. The van der Waals surface area contributed by atoms with Crippen LogP contribution >= 0.6 is 0 Å². The number of esters is 1. The first-order valence-electron chi connectivity index (χ1n) is 4.88. The van der Waals surface area contributed by atoms with Crippen LogP contribution in [0, 0.1) is 0 Å². The molecule has 0 radical (unpaired) electrons. The Morgan fingerprint density at radius 1 is 1.75 bits per heavy atom. The molecule has 0 heterocycles. The molecule has 1 rings (SSSR count). The topological polar surface area (TPSA) is 116 Å². The molecular formula is C9H13N3O4. The van der Waals surface area contributed by atoms with E-state index in [4.69, 9.17) is 10.3 Å². The molecular weight excluding hydrogens is 214 g/mol. The van der Waals surface area contributed by atoms with E-state index in [-0.39, 0.29) is 18.6 Å². The number of azide groups is 1. The molecule has 0 bridgehead atoms. The average Bonchev–Trinajstić information content (AvgIpc) is 2.25. The number of hydrogen-bond acceptors (Lipinski definition) is 5. The van der Waals surface area contributed by atoms with Crippen LogP contribution in [0.15, 0.2) is 16.8 Å². The van der Waals surface area contributed by atoms with Gasteiger partial charge >= 0.3 is 5.97 Å². The summed E-state index contributed by atoms with van der Waals surface area (Å²) in [5.74, 6) is -0.563. The summed E-state index contributed by atoms with van der Waals surface area (Å²) in [5, 5.41) is 22.3. The average molecular weight is 227 g/mol. The van der Waals surface area contributed by atoms with E-state index in [1.165, 1.54) is 6.08 Å². The van der Waals surface area contributed by atoms with Crippen LogP contribution in [0.3, 0.4) is 0 Å². The van der Waals surface area contributed by atoms with Gasteiger partial charge in [-0.05, 0) is 25.0 Å². The van der Waals surface area contributed by atoms with Crippen molar-refractivity contribution >= 4 is 5.97 Å². The van der Waals surface area contributed by atoms with Gasteiger partial charge in [-0.15, -0.1) is 0 Å². The summed E-state index contributed by atoms with van der Waals surface area (Å²) in [6.45, 7) is 1.89. The summed E-state index contributed by atoms with van der Waals surface area (Å²) < 4.78 is 4.76. The summed E-state index contributed by atoms with van der Waals surface area (Å²) in [6.07, 6.45) is -1.11. The molecule has 88 valence electrons. The van der Waals surface area contributed by atoms with E-state index in [0.717, 1.165) is 0 Å². The molecule has 0 saturated carbocycles. The first kappa shape index (κ1) is 12.5. The molecule has 0 aromatic heterocycles. The number of rotatable bonds is 3. The van der Waals surface area contributed by atoms with Crippen LogP contribution in [0.2, 0.25) is 0 Å². The number of ether oxygens (including phenoxy) is 1. The number of aliphatic hydroxyl groups excluding tert-OH is 2. The van der Waals surface area contributed by atoms with Gasteiger partial charge in [0, 0.05) is 10.5 Å². The maximum Gasteiger partial charge on any atom is 0.333 e. The minimum Gasteiger partial charge on any atom is -0.463 e. The van der Waals surface area contributed by atoms with Crippen LogP contribution in [-0.2, 0) is 9.53 Å². The van der Waals surface area contributed by atoms with Gasteiger partial charge in [-0.2, -0.15) is 0 Å². The van der Waals surface area contributed by atoms with E-state index in [0.29, 0.717) is 0 Å². The second-order valence-corrected chi connectivity index (χ2v) is 3.37. The van der Waals surface area contributed by atoms with Gasteiger partial charge in [-0.1, -0.05) is 5.11 Å². The van der Waals surface area contributed by atoms with Crippen molar-refractivity contribution in [3.63, 3.8) is 0 Å². The Kier molecular flexibility index (Phi) is 4.30. The molecule has 7 heteroatoms. The van der Waals surface area contributed by atoms with E-state index in [1.54, 1.807) is 6.92 Å². The molecule has 1 aliphatic rings. The second kappa shape index (κ2) is 5.50. The Morgan fingerprint density at radius 3 is 3.00 bits per heavy atom. The van der Waals surface area contributed by atoms with Crippen LogP contribution in [0.5, 0.6) is 0 Å². The second-order valence-electron chi connectivity index (χ2n) is 3.37. The van der Waals surface area contributed by atoms with Crippen molar-refractivity contribution in [2.24, 2.45) is 5.11 Å². The smallest absolute Gasteiger partial charge is 0.333 e. The van der Waals surface area contributed by atoms with Crippen LogP contribution in [0.1, 0.15) is 13.3 Å². The van der Waals surface area contributed by atoms with Crippen molar-refractivity contribution in [2.45, 2.75) is 31.6 Å². The van der Waals surface area contributed by atoms with Gasteiger partial charge in [-0.3, -0.25) is 0 Å². The highest BCUT2D eigenvalue weighted by Crippen LogP contribution is 2.23. The predicted molar refractivity (Wildman–Crippen MR) is 54.3 cm³/mol. The van der Waals surface area contributed by atoms with Gasteiger partial charge in [0.2, 0.25) is 0 Å². The van der Waals surface area contributed by atoms with Crippen LogP contribution in [0.4, 0.5) is 0 Å². The lowest BCUT2D eigenvalue weighted by Crippen LogP contribution is -2.39. The third-order valence-electron chi connectivity index (χ3n) is 2.28. The Labute approximate surface area is 92.0 Å². The lowest BCUT2D eigenvalue weighted by atomic mass is 9.91. The van der Waals surface area contributed by atoms with Crippen molar-refractivity contribution in [1.82, 2.24) is 0 Å². The first-order valence-corrected chi connectivity index (χ1v) is 4.88. The first-order chi connectivity index (χ1) is 7.60. The molecule has 0 saturated heterocycles. The van der Waals surface area contributed by atoms with E-state index >= 15 is 0 Å². The molecule has 0 unspecified atom stereocenters. The fourth-order valence-electron chi connectivity index (χ4n) is 1.50. The maximum absolute atomic E-state index is 11.4. The molecule has 0 fully saturated rings. The minimum absolute atomic E-state index is 0.0706. The highest BCUT2D eigenvalue weighted by atomic mass is 16.5. The Bertz CT molecular complexity index is 349. The van der Waals surface area contributed by atoms with Crippen molar-refractivity contribution in [3.8, 4) is 0 Å². The summed E-state index contributed by atoms with van der Waals surface area (Å²) in [6, 6.07) is -0.843. The molecule has 16 heavy (non-hydrogen) atoms.